The predicted octanol–water partition coefficient (Wildman–Crippen LogP) is 2.83. The van der Waals surface area contributed by atoms with Crippen LogP contribution in [0.2, 0.25) is 0 Å². The molecule has 1 saturated carbocycles. The number of amides is 1. The summed E-state index contributed by atoms with van der Waals surface area (Å²) in [4.78, 5) is 19.4. The Hall–Kier alpha value is -2.30. The Morgan fingerprint density at radius 3 is 2.92 bits per heavy atom. The number of carbonyl (C=O) groups excluding carboxylic acids is 1. The molecule has 5 nitrogen and oxygen atoms in total. The van der Waals surface area contributed by atoms with Gasteiger partial charge in [-0.15, -0.1) is 0 Å². The van der Waals surface area contributed by atoms with E-state index in [1.54, 1.807) is 0 Å². The molecule has 5 rings (SSSR count). The first kappa shape index (κ1) is 14.1. The molecular weight excluding hydrogens is 304 g/mol. The van der Waals surface area contributed by atoms with Gasteiger partial charge in [0.05, 0.1) is 6.54 Å². The van der Waals surface area contributed by atoms with E-state index in [4.69, 9.17) is 9.15 Å². The number of oxazole rings is 1. The highest BCUT2D eigenvalue weighted by molar-refractivity contribution is 5.82. The smallest absolute Gasteiger partial charge is 0.264 e. The fraction of sp³-hybridized carbons (Fsp3) is 0.474. The molecule has 1 atom stereocenters. The van der Waals surface area contributed by atoms with Crippen molar-refractivity contribution in [3.8, 4) is 5.75 Å². The van der Waals surface area contributed by atoms with Gasteiger partial charge in [-0.2, -0.15) is 0 Å². The SMILES string of the molecule is O=C(C1Cc2ccccc2O1)N1CCc2oc(C3CCC3)nc2C1. The van der Waals surface area contributed by atoms with Crippen LogP contribution in [0.1, 0.15) is 48.1 Å². The lowest BCUT2D eigenvalue weighted by molar-refractivity contribution is -0.139. The Bertz CT molecular complexity index is 769. The number of ether oxygens (including phenoxy) is 1. The van der Waals surface area contributed by atoms with E-state index in [0.29, 0.717) is 25.4 Å². The second-order valence-corrected chi connectivity index (χ2v) is 6.98. The fourth-order valence-corrected chi connectivity index (χ4v) is 3.76. The molecule has 1 fully saturated rings. The van der Waals surface area contributed by atoms with Gasteiger partial charge in [0.15, 0.2) is 12.0 Å². The summed E-state index contributed by atoms with van der Waals surface area (Å²) in [6.07, 6.45) is 4.63. The van der Waals surface area contributed by atoms with Gasteiger partial charge in [-0.3, -0.25) is 4.79 Å². The molecule has 0 bridgehead atoms. The molecule has 2 aromatic rings. The first-order valence-corrected chi connectivity index (χ1v) is 8.80. The molecule has 1 aliphatic carbocycles. The third-order valence-electron chi connectivity index (χ3n) is 5.43. The maximum Gasteiger partial charge on any atom is 0.264 e. The summed E-state index contributed by atoms with van der Waals surface area (Å²) in [6.45, 7) is 1.22. The molecule has 0 saturated heterocycles. The first-order valence-electron chi connectivity index (χ1n) is 8.80. The van der Waals surface area contributed by atoms with Gasteiger partial charge in [0.2, 0.25) is 0 Å². The van der Waals surface area contributed by atoms with E-state index >= 15 is 0 Å². The summed E-state index contributed by atoms with van der Waals surface area (Å²) in [5.74, 6) is 3.24. The predicted molar refractivity (Wildman–Crippen MR) is 86.8 cm³/mol. The molecule has 24 heavy (non-hydrogen) atoms. The van der Waals surface area contributed by atoms with Gasteiger partial charge in [-0.05, 0) is 24.5 Å². The van der Waals surface area contributed by atoms with E-state index in [1.807, 2.05) is 29.2 Å². The van der Waals surface area contributed by atoms with Crippen molar-refractivity contribution < 1.29 is 13.9 Å². The van der Waals surface area contributed by atoms with Gasteiger partial charge in [-0.25, -0.2) is 4.98 Å². The minimum absolute atomic E-state index is 0.0602. The number of fused-ring (bicyclic) bond motifs is 2. The Morgan fingerprint density at radius 1 is 1.25 bits per heavy atom. The minimum Gasteiger partial charge on any atom is -0.480 e. The summed E-state index contributed by atoms with van der Waals surface area (Å²) in [5.41, 5.74) is 2.05. The minimum atomic E-state index is -0.401. The summed E-state index contributed by atoms with van der Waals surface area (Å²) < 4.78 is 11.8. The van der Waals surface area contributed by atoms with Crippen molar-refractivity contribution in [1.29, 1.82) is 0 Å². The molecule has 1 unspecified atom stereocenters. The number of hydrogen-bond donors (Lipinski definition) is 0. The number of hydrogen-bond acceptors (Lipinski definition) is 4. The van der Waals surface area contributed by atoms with Gasteiger partial charge in [0.1, 0.15) is 17.2 Å². The molecule has 2 aliphatic heterocycles. The van der Waals surface area contributed by atoms with Crippen molar-refractivity contribution in [3.05, 3.63) is 47.2 Å². The second-order valence-electron chi connectivity index (χ2n) is 6.98. The molecular formula is C19H20N2O3. The monoisotopic (exact) mass is 324 g/mol. The lowest BCUT2D eigenvalue weighted by Crippen LogP contribution is -2.43. The van der Waals surface area contributed by atoms with E-state index in [2.05, 4.69) is 4.98 Å². The third kappa shape index (κ3) is 2.22. The zero-order chi connectivity index (χ0) is 16.1. The number of aromatic nitrogens is 1. The zero-order valence-corrected chi connectivity index (χ0v) is 13.5. The molecule has 5 heteroatoms. The van der Waals surface area contributed by atoms with Gasteiger partial charge in [-0.1, -0.05) is 24.6 Å². The highest BCUT2D eigenvalue weighted by Gasteiger charge is 2.35. The Morgan fingerprint density at radius 2 is 2.12 bits per heavy atom. The molecule has 1 aromatic heterocycles. The maximum absolute atomic E-state index is 12.8. The van der Waals surface area contributed by atoms with Crippen molar-refractivity contribution >= 4 is 5.91 Å². The lowest BCUT2D eigenvalue weighted by atomic mass is 9.85. The average molecular weight is 324 g/mol. The van der Waals surface area contributed by atoms with Crippen LogP contribution in [0.5, 0.6) is 5.75 Å². The van der Waals surface area contributed by atoms with Crippen molar-refractivity contribution in [2.45, 2.75) is 50.7 Å². The first-order chi connectivity index (χ1) is 11.8. The Labute approximate surface area is 140 Å². The highest BCUT2D eigenvalue weighted by Crippen LogP contribution is 2.37. The summed E-state index contributed by atoms with van der Waals surface area (Å²) >= 11 is 0. The summed E-state index contributed by atoms with van der Waals surface area (Å²) in [5, 5.41) is 0. The molecule has 0 radical (unpaired) electrons. The number of carbonyl (C=O) groups is 1. The van der Waals surface area contributed by atoms with E-state index in [0.717, 1.165) is 35.1 Å². The number of nitrogens with zero attached hydrogens (tertiary/aromatic N) is 2. The van der Waals surface area contributed by atoms with Crippen molar-refractivity contribution in [1.82, 2.24) is 9.88 Å². The Balaban J connectivity index is 1.30. The normalized spacial score (nSPS) is 22.5. The zero-order valence-electron chi connectivity index (χ0n) is 13.5. The van der Waals surface area contributed by atoms with Gasteiger partial charge < -0.3 is 14.1 Å². The summed E-state index contributed by atoms with van der Waals surface area (Å²) in [7, 11) is 0. The lowest BCUT2D eigenvalue weighted by Gasteiger charge is -2.27. The molecule has 1 aromatic carbocycles. The number of benzene rings is 1. The van der Waals surface area contributed by atoms with Crippen LogP contribution in [0.15, 0.2) is 28.7 Å². The standard InChI is InChI=1S/C19H20N2O3/c22-19(17-10-13-4-1-2-7-15(13)23-17)21-9-8-16-14(11-21)20-18(24-16)12-5-3-6-12/h1-2,4,7,12,17H,3,5-6,8-11H2. The van der Waals surface area contributed by atoms with E-state index in [-0.39, 0.29) is 5.91 Å². The van der Waals surface area contributed by atoms with Crippen molar-refractivity contribution in [2.75, 3.05) is 6.54 Å². The quantitative estimate of drug-likeness (QED) is 0.852. The van der Waals surface area contributed by atoms with Crippen LogP contribution in [-0.4, -0.2) is 28.4 Å². The van der Waals surface area contributed by atoms with E-state index < -0.39 is 6.10 Å². The summed E-state index contributed by atoms with van der Waals surface area (Å²) in [6, 6.07) is 7.88. The topological polar surface area (TPSA) is 55.6 Å². The number of para-hydroxylation sites is 1. The van der Waals surface area contributed by atoms with Crippen LogP contribution in [0.4, 0.5) is 0 Å². The van der Waals surface area contributed by atoms with Gasteiger partial charge in [0, 0.05) is 25.3 Å². The molecule has 0 spiro atoms. The third-order valence-corrected chi connectivity index (χ3v) is 5.43. The van der Waals surface area contributed by atoms with Crippen LogP contribution in [-0.2, 0) is 24.2 Å². The van der Waals surface area contributed by atoms with Gasteiger partial charge >= 0.3 is 0 Å². The van der Waals surface area contributed by atoms with E-state index in [1.165, 1.54) is 19.3 Å². The average Bonchev–Trinajstić information content (AvgIpc) is 3.15. The Kier molecular flexibility index (Phi) is 3.15. The molecule has 3 heterocycles. The second kappa shape index (κ2) is 5.36. The van der Waals surface area contributed by atoms with Crippen LogP contribution >= 0.6 is 0 Å². The molecule has 124 valence electrons. The fourth-order valence-electron chi connectivity index (χ4n) is 3.76. The van der Waals surface area contributed by atoms with Crippen molar-refractivity contribution in [2.24, 2.45) is 0 Å². The van der Waals surface area contributed by atoms with Crippen molar-refractivity contribution in [3.63, 3.8) is 0 Å². The van der Waals surface area contributed by atoms with Crippen LogP contribution < -0.4 is 4.74 Å². The van der Waals surface area contributed by atoms with Crippen LogP contribution in [0.3, 0.4) is 0 Å². The highest BCUT2D eigenvalue weighted by atomic mass is 16.5. The molecule has 3 aliphatic rings. The van der Waals surface area contributed by atoms with E-state index in [9.17, 15) is 4.79 Å². The number of rotatable bonds is 2. The largest absolute Gasteiger partial charge is 0.480 e. The van der Waals surface area contributed by atoms with Gasteiger partial charge in [0.25, 0.3) is 5.91 Å². The maximum atomic E-state index is 12.8. The van der Waals surface area contributed by atoms with Crippen LogP contribution in [0.25, 0.3) is 0 Å². The molecule has 0 N–H and O–H groups in total. The molecule has 1 amide bonds. The van der Waals surface area contributed by atoms with Crippen LogP contribution in [0, 0.1) is 0 Å².